The topological polar surface area (TPSA) is 41.1 Å². The van der Waals surface area contributed by atoms with Gasteiger partial charge >= 0.3 is 0 Å². The largest absolute Gasteiger partial charge is 0.354 e. The van der Waals surface area contributed by atoms with Crippen LogP contribution in [0.25, 0.3) is 0 Å². The lowest BCUT2D eigenvalue weighted by Gasteiger charge is -2.25. The third-order valence-corrected chi connectivity index (χ3v) is 3.08. The lowest BCUT2D eigenvalue weighted by molar-refractivity contribution is -0.123. The van der Waals surface area contributed by atoms with Crippen molar-refractivity contribution in [3.8, 4) is 0 Å². The Hall–Kier alpha value is -1.35. The Labute approximate surface area is 103 Å². The number of nitrogens with one attached hydrogen (secondary N) is 2. The summed E-state index contributed by atoms with van der Waals surface area (Å²) in [4.78, 5) is 11.9. The van der Waals surface area contributed by atoms with E-state index in [-0.39, 0.29) is 11.9 Å². The molecule has 1 amide bonds. The number of fused-ring (bicyclic) bond motifs is 1. The molecule has 0 saturated carbocycles. The van der Waals surface area contributed by atoms with Crippen LogP contribution < -0.4 is 10.6 Å². The first-order valence-corrected chi connectivity index (χ1v) is 6.24. The van der Waals surface area contributed by atoms with Gasteiger partial charge in [-0.2, -0.15) is 0 Å². The molecule has 0 spiro atoms. The minimum absolute atomic E-state index is 0.0800. The Balaban J connectivity index is 1.95. The van der Waals surface area contributed by atoms with Gasteiger partial charge in [-0.05, 0) is 23.5 Å². The highest BCUT2D eigenvalue weighted by atomic mass is 16.2. The number of hydrogen-bond donors (Lipinski definition) is 2. The molecule has 1 aliphatic rings. The maximum absolute atomic E-state index is 11.9. The summed E-state index contributed by atoms with van der Waals surface area (Å²) in [6, 6.07) is 8.22. The molecule has 0 radical (unpaired) electrons. The van der Waals surface area contributed by atoms with E-state index in [2.05, 4.69) is 36.6 Å². The van der Waals surface area contributed by atoms with Gasteiger partial charge in [0.05, 0.1) is 6.04 Å². The van der Waals surface area contributed by atoms with Gasteiger partial charge in [0.1, 0.15) is 0 Å². The third kappa shape index (κ3) is 3.07. The number of benzene rings is 1. The van der Waals surface area contributed by atoms with Crippen molar-refractivity contribution in [3.63, 3.8) is 0 Å². The van der Waals surface area contributed by atoms with Crippen LogP contribution in [0.3, 0.4) is 0 Å². The fourth-order valence-electron chi connectivity index (χ4n) is 2.07. The maximum Gasteiger partial charge on any atom is 0.237 e. The fraction of sp³-hybridized carbons (Fsp3) is 0.500. The van der Waals surface area contributed by atoms with Gasteiger partial charge in [-0.3, -0.25) is 4.79 Å². The maximum atomic E-state index is 11.9. The summed E-state index contributed by atoms with van der Waals surface area (Å²) < 4.78 is 0. The second-order valence-electron chi connectivity index (χ2n) is 5.05. The van der Waals surface area contributed by atoms with Crippen molar-refractivity contribution >= 4 is 5.91 Å². The molecule has 3 nitrogen and oxygen atoms in total. The van der Waals surface area contributed by atoms with Gasteiger partial charge in [0, 0.05) is 13.1 Å². The molecule has 1 aliphatic heterocycles. The zero-order valence-electron chi connectivity index (χ0n) is 10.5. The van der Waals surface area contributed by atoms with Gasteiger partial charge in [0.2, 0.25) is 5.91 Å². The molecule has 0 aliphatic carbocycles. The van der Waals surface area contributed by atoms with Crippen LogP contribution in [0, 0.1) is 5.92 Å². The summed E-state index contributed by atoms with van der Waals surface area (Å²) in [5.41, 5.74) is 2.59. The molecule has 1 heterocycles. The second kappa shape index (κ2) is 5.32. The Bertz CT molecular complexity index is 401. The predicted molar refractivity (Wildman–Crippen MR) is 68.6 cm³/mol. The minimum Gasteiger partial charge on any atom is -0.354 e. The van der Waals surface area contributed by atoms with Crippen molar-refractivity contribution < 1.29 is 4.79 Å². The zero-order valence-corrected chi connectivity index (χ0v) is 10.5. The lowest BCUT2D eigenvalue weighted by atomic mass is 9.95. The van der Waals surface area contributed by atoms with Gasteiger partial charge in [0.25, 0.3) is 0 Å². The second-order valence-corrected chi connectivity index (χ2v) is 5.05. The van der Waals surface area contributed by atoms with Crippen LogP contribution >= 0.6 is 0 Å². The molecular weight excluding hydrogens is 212 g/mol. The molecule has 0 aromatic heterocycles. The first-order chi connectivity index (χ1) is 8.16. The van der Waals surface area contributed by atoms with Crippen molar-refractivity contribution in [1.82, 2.24) is 10.6 Å². The van der Waals surface area contributed by atoms with Crippen molar-refractivity contribution in [3.05, 3.63) is 35.4 Å². The summed E-state index contributed by atoms with van der Waals surface area (Å²) in [5, 5.41) is 6.27. The van der Waals surface area contributed by atoms with Crippen molar-refractivity contribution in [2.24, 2.45) is 5.92 Å². The van der Waals surface area contributed by atoms with Gasteiger partial charge in [-0.1, -0.05) is 38.1 Å². The number of rotatable bonds is 3. The van der Waals surface area contributed by atoms with E-state index in [4.69, 9.17) is 0 Å². The number of amides is 1. The summed E-state index contributed by atoms with van der Waals surface area (Å²) in [6.45, 7) is 5.74. The molecule has 1 unspecified atom stereocenters. The van der Waals surface area contributed by atoms with E-state index >= 15 is 0 Å². The lowest BCUT2D eigenvalue weighted by Crippen LogP contribution is -2.48. The smallest absolute Gasteiger partial charge is 0.237 e. The third-order valence-electron chi connectivity index (χ3n) is 3.08. The van der Waals surface area contributed by atoms with E-state index < -0.39 is 0 Å². The fourth-order valence-corrected chi connectivity index (χ4v) is 2.07. The highest BCUT2D eigenvalue weighted by molar-refractivity contribution is 5.82. The summed E-state index contributed by atoms with van der Waals surface area (Å²) >= 11 is 0. The van der Waals surface area contributed by atoms with Gasteiger partial charge in [0.15, 0.2) is 0 Å². The van der Waals surface area contributed by atoms with Crippen molar-refractivity contribution in [2.75, 3.05) is 6.54 Å². The zero-order chi connectivity index (χ0) is 12.3. The van der Waals surface area contributed by atoms with Gasteiger partial charge < -0.3 is 10.6 Å². The van der Waals surface area contributed by atoms with Crippen LogP contribution in [-0.4, -0.2) is 18.5 Å². The molecule has 17 heavy (non-hydrogen) atoms. The summed E-state index contributed by atoms with van der Waals surface area (Å²) in [5.74, 6) is 0.614. The van der Waals surface area contributed by atoms with Crippen molar-refractivity contribution in [2.45, 2.75) is 32.9 Å². The van der Waals surface area contributed by atoms with Crippen molar-refractivity contribution in [1.29, 1.82) is 0 Å². The molecule has 2 N–H and O–H groups in total. The van der Waals surface area contributed by atoms with Crippen LogP contribution in [0.2, 0.25) is 0 Å². The van der Waals surface area contributed by atoms with E-state index in [9.17, 15) is 4.79 Å². The molecular formula is C14H20N2O. The molecule has 0 saturated heterocycles. The van der Waals surface area contributed by atoms with Crippen LogP contribution in [0.15, 0.2) is 24.3 Å². The monoisotopic (exact) mass is 232 g/mol. The van der Waals surface area contributed by atoms with Gasteiger partial charge in [-0.15, -0.1) is 0 Å². The van der Waals surface area contributed by atoms with E-state index in [1.165, 1.54) is 11.1 Å². The van der Waals surface area contributed by atoms with Crippen LogP contribution in [-0.2, 0) is 17.8 Å². The van der Waals surface area contributed by atoms with E-state index in [1.54, 1.807) is 0 Å². The average Bonchev–Trinajstić information content (AvgIpc) is 2.35. The van der Waals surface area contributed by atoms with Crippen LogP contribution in [0.5, 0.6) is 0 Å². The average molecular weight is 232 g/mol. The standard InChI is InChI=1S/C14H20N2O/c1-10(2)8-16-14(17)13-7-11-5-3-4-6-12(11)9-15-13/h3-6,10,13,15H,7-9H2,1-2H3,(H,16,17). The molecule has 0 bridgehead atoms. The van der Waals surface area contributed by atoms with E-state index in [0.29, 0.717) is 5.92 Å². The van der Waals surface area contributed by atoms with Gasteiger partial charge in [-0.25, -0.2) is 0 Å². The quantitative estimate of drug-likeness (QED) is 0.828. The highest BCUT2D eigenvalue weighted by Gasteiger charge is 2.23. The van der Waals surface area contributed by atoms with Crippen LogP contribution in [0.1, 0.15) is 25.0 Å². The Morgan fingerprint density at radius 2 is 2.12 bits per heavy atom. The number of carbonyl (C=O) groups excluding carboxylic acids is 1. The molecule has 1 aromatic rings. The molecule has 3 heteroatoms. The molecule has 1 atom stereocenters. The first-order valence-electron chi connectivity index (χ1n) is 6.24. The number of carbonyl (C=O) groups is 1. The molecule has 2 rings (SSSR count). The van der Waals surface area contributed by atoms with E-state index in [1.807, 2.05) is 12.1 Å². The normalized spacial score (nSPS) is 18.9. The first kappa shape index (κ1) is 12.1. The summed E-state index contributed by atoms with van der Waals surface area (Å²) in [7, 11) is 0. The van der Waals surface area contributed by atoms with Crippen LogP contribution in [0.4, 0.5) is 0 Å². The number of hydrogen-bond acceptors (Lipinski definition) is 2. The Kier molecular flexibility index (Phi) is 3.79. The van der Waals surface area contributed by atoms with E-state index in [0.717, 1.165) is 19.5 Å². The Morgan fingerprint density at radius 3 is 2.82 bits per heavy atom. The summed E-state index contributed by atoms with van der Waals surface area (Å²) in [6.07, 6.45) is 0.792. The molecule has 0 fully saturated rings. The highest BCUT2D eigenvalue weighted by Crippen LogP contribution is 2.16. The predicted octanol–water partition coefficient (Wildman–Crippen LogP) is 1.47. The molecule has 1 aromatic carbocycles. The molecule has 92 valence electrons. The SMILES string of the molecule is CC(C)CNC(=O)C1Cc2ccccc2CN1. The minimum atomic E-state index is -0.0800. The Morgan fingerprint density at radius 1 is 1.41 bits per heavy atom.